The number of Topliss-reactive ketones (excluding diaryl/α,β-unsaturated/α-hetero) is 1. The molecular formula is C34H46N2O8. The number of hydrogen-bond donors (Lipinski definition) is 3. The van der Waals surface area contributed by atoms with Gasteiger partial charge < -0.3 is 25.2 Å². The summed E-state index contributed by atoms with van der Waals surface area (Å²) in [5, 5.41) is 16.4. The minimum Gasteiger partial charge on any atom is -0.460 e. The lowest BCUT2D eigenvalue weighted by Crippen LogP contribution is -2.44. The van der Waals surface area contributed by atoms with E-state index in [1.54, 1.807) is 64.2 Å². The highest BCUT2D eigenvalue weighted by atomic mass is 16.5. The monoisotopic (exact) mass is 610 g/mol. The largest absolute Gasteiger partial charge is 0.460 e. The number of amides is 2. The van der Waals surface area contributed by atoms with Crippen molar-refractivity contribution < 1.29 is 38.6 Å². The molecule has 240 valence electrons. The minimum atomic E-state index is -0.975. The molecule has 0 saturated heterocycles. The summed E-state index contributed by atoms with van der Waals surface area (Å²) in [6.45, 7) is 8.76. The van der Waals surface area contributed by atoms with Crippen LogP contribution in [-0.2, 0) is 33.4 Å². The summed E-state index contributed by atoms with van der Waals surface area (Å²) in [6.07, 6.45) is 13.8. The Morgan fingerprint density at radius 3 is 2.50 bits per heavy atom. The highest BCUT2D eigenvalue weighted by molar-refractivity contribution is 6.21. The number of fused-ring (bicyclic) bond motifs is 2. The molecule has 2 amide bonds. The van der Waals surface area contributed by atoms with Crippen LogP contribution < -0.4 is 10.6 Å². The van der Waals surface area contributed by atoms with Crippen LogP contribution in [0.2, 0.25) is 0 Å². The maximum atomic E-state index is 13.0. The van der Waals surface area contributed by atoms with E-state index in [1.807, 2.05) is 13.0 Å². The van der Waals surface area contributed by atoms with Gasteiger partial charge >= 0.3 is 5.97 Å². The number of rotatable bonds is 6. The van der Waals surface area contributed by atoms with E-state index >= 15 is 0 Å². The Hall–Kier alpha value is -3.89. The first-order chi connectivity index (χ1) is 20.9. The van der Waals surface area contributed by atoms with Gasteiger partial charge in [0.2, 0.25) is 17.6 Å². The summed E-state index contributed by atoms with van der Waals surface area (Å²) in [6, 6.07) is -0.866. The molecule has 6 unspecified atom stereocenters. The van der Waals surface area contributed by atoms with Crippen LogP contribution in [0, 0.1) is 11.8 Å². The fourth-order valence-electron chi connectivity index (χ4n) is 4.58. The molecule has 10 nitrogen and oxygen atoms in total. The fraction of sp³-hybridized carbons (Fsp3) is 0.500. The predicted molar refractivity (Wildman–Crippen MR) is 167 cm³/mol. The number of methoxy groups -OCH3 is 1. The Labute approximate surface area is 260 Å². The van der Waals surface area contributed by atoms with Crippen LogP contribution in [0.15, 0.2) is 71.5 Å². The first-order valence-electron chi connectivity index (χ1n) is 15.1. The normalized spacial score (nSPS) is 25.4. The van der Waals surface area contributed by atoms with Crippen LogP contribution in [0.3, 0.4) is 0 Å². The number of carbonyl (C=O) groups is 5. The third-order valence-corrected chi connectivity index (χ3v) is 7.74. The summed E-state index contributed by atoms with van der Waals surface area (Å²) >= 11 is 0. The molecule has 2 aliphatic rings. The highest BCUT2D eigenvalue weighted by Crippen LogP contribution is 2.24. The third kappa shape index (κ3) is 11.3. The lowest BCUT2D eigenvalue weighted by atomic mass is 9.90. The van der Waals surface area contributed by atoms with Gasteiger partial charge in [-0.1, -0.05) is 63.3 Å². The number of hydrogen-bond acceptors (Lipinski definition) is 8. The molecule has 3 N–H and O–H groups in total. The molecule has 1 aliphatic heterocycles. The second-order valence-electron chi connectivity index (χ2n) is 11.2. The summed E-state index contributed by atoms with van der Waals surface area (Å²) in [7, 11) is 1.46. The molecule has 0 aromatic rings. The summed E-state index contributed by atoms with van der Waals surface area (Å²) in [5.74, 6) is -2.90. The number of carbonyl (C=O) groups excluding carboxylic acids is 5. The number of ketones is 2. The smallest absolute Gasteiger partial charge is 0.328 e. The molecular weight excluding hydrogens is 564 g/mol. The van der Waals surface area contributed by atoms with Crippen LogP contribution in [-0.4, -0.2) is 65.9 Å². The average Bonchev–Trinajstić information content (AvgIpc) is 2.99. The molecule has 0 fully saturated rings. The van der Waals surface area contributed by atoms with Crippen LogP contribution in [0.1, 0.15) is 66.7 Å². The van der Waals surface area contributed by atoms with E-state index in [1.165, 1.54) is 13.2 Å². The molecule has 44 heavy (non-hydrogen) atoms. The van der Waals surface area contributed by atoms with Crippen molar-refractivity contribution >= 4 is 29.4 Å². The van der Waals surface area contributed by atoms with Crippen molar-refractivity contribution in [2.24, 2.45) is 11.8 Å². The summed E-state index contributed by atoms with van der Waals surface area (Å²) in [4.78, 5) is 63.2. The number of aliphatic hydroxyl groups is 1. The number of ether oxygens (including phenoxy) is 2. The van der Waals surface area contributed by atoms with Gasteiger partial charge in [0.05, 0.1) is 24.3 Å². The topological polar surface area (TPSA) is 148 Å². The van der Waals surface area contributed by atoms with Gasteiger partial charge in [0.25, 0.3) is 0 Å². The molecule has 0 spiro atoms. The lowest BCUT2D eigenvalue weighted by Gasteiger charge is -2.29. The first kappa shape index (κ1) is 36.3. The molecule has 0 aromatic carbocycles. The van der Waals surface area contributed by atoms with Crippen molar-refractivity contribution in [3.63, 3.8) is 0 Å². The molecule has 2 bridgehead atoms. The van der Waals surface area contributed by atoms with Gasteiger partial charge in [-0.25, -0.2) is 4.79 Å². The number of nitrogens with one attached hydrogen (secondary N) is 2. The SMILES string of the molecule is CCC(C)C(=O)NC(C)C(=O)OC1CC=CC=CC=CC(OC)CC(=O)NC2=CC(=O)C=C(CCC=C(C)C(O)C1C)C2=O. The Morgan fingerprint density at radius 1 is 1.11 bits per heavy atom. The van der Waals surface area contributed by atoms with Crippen molar-refractivity contribution in [2.45, 2.75) is 91.1 Å². The number of allylic oxidation sites excluding steroid dienone is 8. The van der Waals surface area contributed by atoms with E-state index in [0.29, 0.717) is 24.8 Å². The first-order valence-corrected chi connectivity index (χ1v) is 15.1. The Balaban J connectivity index is 2.32. The van der Waals surface area contributed by atoms with E-state index in [0.717, 1.165) is 6.08 Å². The Morgan fingerprint density at radius 2 is 1.82 bits per heavy atom. The zero-order valence-electron chi connectivity index (χ0n) is 26.5. The van der Waals surface area contributed by atoms with E-state index in [-0.39, 0.29) is 35.9 Å². The Bertz CT molecular complexity index is 1260. The van der Waals surface area contributed by atoms with Gasteiger partial charge in [-0.15, -0.1) is 0 Å². The minimum absolute atomic E-state index is 0.0600. The lowest BCUT2D eigenvalue weighted by molar-refractivity contribution is -0.156. The van der Waals surface area contributed by atoms with Gasteiger partial charge in [0.1, 0.15) is 12.1 Å². The molecule has 0 radical (unpaired) electrons. The molecule has 6 atom stereocenters. The van der Waals surface area contributed by atoms with Gasteiger partial charge in [0, 0.05) is 37.0 Å². The van der Waals surface area contributed by atoms with Crippen LogP contribution in [0.5, 0.6) is 0 Å². The molecule has 1 aliphatic carbocycles. The van der Waals surface area contributed by atoms with Gasteiger partial charge in [0.15, 0.2) is 5.78 Å². The maximum Gasteiger partial charge on any atom is 0.328 e. The van der Waals surface area contributed by atoms with Crippen molar-refractivity contribution in [1.82, 2.24) is 10.6 Å². The van der Waals surface area contributed by atoms with Crippen molar-refractivity contribution in [1.29, 1.82) is 0 Å². The van der Waals surface area contributed by atoms with E-state index < -0.39 is 53.7 Å². The summed E-state index contributed by atoms with van der Waals surface area (Å²) in [5.41, 5.74) is 0.784. The fourth-order valence-corrected chi connectivity index (χ4v) is 4.58. The van der Waals surface area contributed by atoms with Crippen LogP contribution >= 0.6 is 0 Å². The molecule has 2 rings (SSSR count). The second kappa shape index (κ2) is 18.0. The molecule has 0 saturated carbocycles. The third-order valence-electron chi connectivity index (χ3n) is 7.74. The van der Waals surface area contributed by atoms with Crippen LogP contribution in [0.25, 0.3) is 0 Å². The van der Waals surface area contributed by atoms with E-state index in [9.17, 15) is 29.1 Å². The molecule has 0 aromatic heterocycles. The zero-order chi connectivity index (χ0) is 32.8. The van der Waals surface area contributed by atoms with E-state index in [2.05, 4.69) is 10.6 Å². The van der Waals surface area contributed by atoms with Gasteiger partial charge in [-0.2, -0.15) is 0 Å². The summed E-state index contributed by atoms with van der Waals surface area (Å²) < 4.78 is 11.2. The van der Waals surface area contributed by atoms with Crippen molar-refractivity contribution in [3.05, 3.63) is 71.5 Å². The highest BCUT2D eigenvalue weighted by Gasteiger charge is 2.30. The quantitative estimate of drug-likeness (QED) is 0.234. The predicted octanol–water partition coefficient (Wildman–Crippen LogP) is 3.73. The zero-order valence-corrected chi connectivity index (χ0v) is 26.5. The molecule has 1 heterocycles. The second-order valence-corrected chi connectivity index (χ2v) is 11.2. The van der Waals surface area contributed by atoms with Crippen molar-refractivity contribution in [3.8, 4) is 0 Å². The number of esters is 1. The maximum absolute atomic E-state index is 13.0. The van der Waals surface area contributed by atoms with Crippen LogP contribution in [0.4, 0.5) is 0 Å². The van der Waals surface area contributed by atoms with Crippen molar-refractivity contribution in [2.75, 3.05) is 7.11 Å². The van der Waals surface area contributed by atoms with Gasteiger partial charge in [-0.05, 0) is 44.8 Å². The van der Waals surface area contributed by atoms with Gasteiger partial charge in [-0.3, -0.25) is 19.2 Å². The molecule has 10 heteroatoms. The number of aliphatic hydroxyl groups excluding tert-OH is 1. The Kier molecular flexibility index (Phi) is 14.9. The average molecular weight is 611 g/mol. The standard InChI is InChI=1S/C34H46N2O8/c1-7-21(2)33(41)35-24(5)34(42)44-29-17-12-10-8-9-11-16-27(43-6)20-30(38)36-28-19-26(37)18-25(32(28)40)15-13-14-22(3)31(39)23(29)4/h8-12,14,16,18-19,21,23-24,27,29,31,39H,7,13,15,17,20H2,1-6H3,(H,35,41)(H,36,38). The van der Waals surface area contributed by atoms with E-state index in [4.69, 9.17) is 9.47 Å².